The molecule has 0 aromatic rings. The highest BCUT2D eigenvalue weighted by Gasteiger charge is 2.04. The molecule has 1 rings (SSSR count). The summed E-state index contributed by atoms with van der Waals surface area (Å²) in [6.45, 7) is 0. The number of hydrogen-bond acceptors (Lipinski definition) is 1. The average molecular weight is 239 g/mol. The topological polar surface area (TPSA) is 20.2 Å². The highest BCUT2D eigenvalue weighted by Crippen LogP contribution is 2.16. The molecule has 1 unspecified atom stereocenters. The first-order chi connectivity index (χ1) is 8.39. The van der Waals surface area contributed by atoms with Gasteiger partial charge in [0.05, 0.1) is 6.10 Å². The second kappa shape index (κ2) is 11.1. The van der Waals surface area contributed by atoms with E-state index in [0.29, 0.717) is 0 Å². The van der Waals surface area contributed by atoms with E-state index in [4.69, 9.17) is 0 Å². The summed E-state index contributed by atoms with van der Waals surface area (Å²) in [5.74, 6) is 0. The minimum Gasteiger partial charge on any atom is -0.393 e. The van der Waals surface area contributed by atoms with E-state index in [-0.39, 0.29) is 6.10 Å². The third-order valence-electron chi connectivity index (χ3n) is 3.89. The summed E-state index contributed by atoms with van der Waals surface area (Å²) in [5.41, 5.74) is 0. The monoisotopic (exact) mass is 239 g/mol. The van der Waals surface area contributed by atoms with E-state index in [1.807, 2.05) is 0 Å². The average Bonchev–Trinajstić information content (AvgIpc) is 2.32. The first-order valence-corrected chi connectivity index (χ1v) is 7.89. The zero-order valence-corrected chi connectivity index (χ0v) is 11.5. The standard InChI is InChI=1S/C16H31O/c17-16-14-12-10-8-6-4-2-1-3-5-7-9-11-13-15-16/h2,16-17H,1,3-15H2. The molecule has 101 valence electrons. The van der Waals surface area contributed by atoms with Gasteiger partial charge in [0.2, 0.25) is 0 Å². The highest BCUT2D eigenvalue weighted by atomic mass is 16.3. The van der Waals surface area contributed by atoms with Crippen molar-refractivity contribution in [2.75, 3.05) is 0 Å². The van der Waals surface area contributed by atoms with Crippen LogP contribution < -0.4 is 0 Å². The lowest BCUT2D eigenvalue weighted by Gasteiger charge is -2.10. The summed E-state index contributed by atoms with van der Waals surface area (Å²) in [5, 5.41) is 9.81. The fourth-order valence-electron chi connectivity index (χ4n) is 2.69. The van der Waals surface area contributed by atoms with Crippen molar-refractivity contribution in [1.29, 1.82) is 0 Å². The fourth-order valence-corrected chi connectivity index (χ4v) is 2.69. The van der Waals surface area contributed by atoms with Crippen molar-refractivity contribution in [3.63, 3.8) is 0 Å². The Labute approximate surface area is 108 Å². The van der Waals surface area contributed by atoms with Crippen LogP contribution in [0.4, 0.5) is 0 Å². The molecule has 1 aliphatic carbocycles. The third-order valence-corrected chi connectivity index (χ3v) is 3.89. The Hall–Kier alpha value is -0.0400. The van der Waals surface area contributed by atoms with Crippen LogP contribution in [0.3, 0.4) is 0 Å². The molecule has 1 radical (unpaired) electrons. The molecule has 0 aromatic heterocycles. The molecule has 1 nitrogen and oxygen atoms in total. The second-order valence-electron chi connectivity index (χ2n) is 5.63. The van der Waals surface area contributed by atoms with Gasteiger partial charge in [0.1, 0.15) is 0 Å². The summed E-state index contributed by atoms with van der Waals surface area (Å²) in [4.78, 5) is 0. The Balaban J connectivity index is 2.09. The number of aliphatic hydroxyl groups excluding tert-OH is 1. The molecule has 1 fully saturated rings. The van der Waals surface area contributed by atoms with E-state index < -0.39 is 0 Å². The maximum absolute atomic E-state index is 9.81. The van der Waals surface area contributed by atoms with Crippen LogP contribution in [0, 0.1) is 6.42 Å². The van der Waals surface area contributed by atoms with Crippen LogP contribution in [0.1, 0.15) is 89.9 Å². The van der Waals surface area contributed by atoms with Crippen LogP contribution in [0.15, 0.2) is 0 Å². The van der Waals surface area contributed by atoms with Crippen molar-refractivity contribution in [2.45, 2.75) is 96.0 Å². The van der Waals surface area contributed by atoms with Gasteiger partial charge in [-0.3, -0.25) is 0 Å². The smallest absolute Gasteiger partial charge is 0.0540 e. The van der Waals surface area contributed by atoms with Crippen molar-refractivity contribution in [3.05, 3.63) is 6.42 Å². The quantitative estimate of drug-likeness (QED) is 0.629. The Morgan fingerprint density at radius 3 is 1.53 bits per heavy atom. The van der Waals surface area contributed by atoms with Gasteiger partial charge >= 0.3 is 0 Å². The van der Waals surface area contributed by atoms with Crippen molar-refractivity contribution in [1.82, 2.24) is 0 Å². The minimum absolute atomic E-state index is 0.0190. The lowest BCUT2D eigenvalue weighted by Crippen LogP contribution is -2.06. The maximum Gasteiger partial charge on any atom is 0.0540 e. The van der Waals surface area contributed by atoms with Gasteiger partial charge < -0.3 is 5.11 Å². The molecular weight excluding hydrogens is 208 g/mol. The van der Waals surface area contributed by atoms with Crippen LogP contribution in [0.25, 0.3) is 0 Å². The van der Waals surface area contributed by atoms with Crippen LogP contribution in [0.2, 0.25) is 0 Å². The van der Waals surface area contributed by atoms with E-state index in [0.717, 1.165) is 12.8 Å². The summed E-state index contributed by atoms with van der Waals surface area (Å²) in [7, 11) is 0. The maximum atomic E-state index is 9.81. The molecule has 0 heterocycles. The van der Waals surface area contributed by atoms with E-state index in [2.05, 4.69) is 6.42 Å². The Kier molecular flexibility index (Phi) is 9.78. The first-order valence-electron chi connectivity index (χ1n) is 7.89. The molecule has 1 heteroatoms. The van der Waals surface area contributed by atoms with Gasteiger partial charge in [-0.15, -0.1) is 0 Å². The minimum atomic E-state index is -0.0190. The highest BCUT2D eigenvalue weighted by molar-refractivity contribution is 4.65. The summed E-state index contributed by atoms with van der Waals surface area (Å²) in [6, 6.07) is 0. The molecule has 1 aliphatic rings. The van der Waals surface area contributed by atoms with Crippen LogP contribution in [-0.2, 0) is 0 Å². The predicted molar refractivity (Wildman–Crippen MR) is 74.9 cm³/mol. The lowest BCUT2D eigenvalue weighted by atomic mass is 10.00. The van der Waals surface area contributed by atoms with Gasteiger partial charge in [0.15, 0.2) is 0 Å². The molecule has 0 spiro atoms. The van der Waals surface area contributed by atoms with Gasteiger partial charge in [-0.25, -0.2) is 0 Å². The van der Waals surface area contributed by atoms with Crippen molar-refractivity contribution < 1.29 is 5.11 Å². The lowest BCUT2D eigenvalue weighted by molar-refractivity contribution is 0.147. The van der Waals surface area contributed by atoms with E-state index in [9.17, 15) is 5.11 Å². The van der Waals surface area contributed by atoms with Crippen molar-refractivity contribution >= 4 is 0 Å². The molecule has 0 saturated heterocycles. The first kappa shape index (κ1) is 15.0. The van der Waals surface area contributed by atoms with Gasteiger partial charge in [-0.05, 0) is 19.3 Å². The van der Waals surface area contributed by atoms with Gasteiger partial charge in [0.25, 0.3) is 0 Å². The van der Waals surface area contributed by atoms with Gasteiger partial charge in [-0.2, -0.15) is 0 Å². The molecule has 1 saturated carbocycles. The van der Waals surface area contributed by atoms with Crippen LogP contribution in [0.5, 0.6) is 0 Å². The van der Waals surface area contributed by atoms with Crippen molar-refractivity contribution in [3.8, 4) is 0 Å². The molecule has 1 N–H and O–H groups in total. The Bertz CT molecular complexity index is 140. The van der Waals surface area contributed by atoms with E-state index in [1.165, 1.54) is 77.0 Å². The number of rotatable bonds is 0. The SMILES string of the molecule is OC1CCCCCC[CH]CCCCCCCC1. The summed E-state index contributed by atoms with van der Waals surface area (Å²) >= 11 is 0. The zero-order valence-electron chi connectivity index (χ0n) is 11.5. The van der Waals surface area contributed by atoms with Crippen molar-refractivity contribution in [2.24, 2.45) is 0 Å². The molecule has 17 heavy (non-hydrogen) atoms. The molecule has 0 amide bonds. The van der Waals surface area contributed by atoms with Crippen LogP contribution in [-0.4, -0.2) is 11.2 Å². The third kappa shape index (κ3) is 9.64. The Morgan fingerprint density at radius 1 is 0.588 bits per heavy atom. The van der Waals surface area contributed by atoms with Crippen LogP contribution >= 0.6 is 0 Å². The molecule has 0 aliphatic heterocycles. The Morgan fingerprint density at radius 2 is 1.00 bits per heavy atom. The molecule has 0 aromatic carbocycles. The molecular formula is C16H31O. The molecule has 0 bridgehead atoms. The summed E-state index contributed by atoms with van der Waals surface area (Å²) in [6.07, 6.45) is 20.5. The fraction of sp³-hybridized carbons (Fsp3) is 0.938. The van der Waals surface area contributed by atoms with Gasteiger partial charge in [0, 0.05) is 0 Å². The predicted octanol–water partition coefficient (Wildman–Crippen LogP) is 5.03. The number of aliphatic hydroxyl groups is 1. The van der Waals surface area contributed by atoms with Gasteiger partial charge in [-0.1, -0.05) is 77.0 Å². The summed E-state index contributed by atoms with van der Waals surface area (Å²) < 4.78 is 0. The van der Waals surface area contributed by atoms with E-state index >= 15 is 0 Å². The van der Waals surface area contributed by atoms with E-state index in [1.54, 1.807) is 0 Å². The normalized spacial score (nSPS) is 24.5. The largest absolute Gasteiger partial charge is 0.393 e. The molecule has 1 atom stereocenters. The second-order valence-corrected chi connectivity index (χ2v) is 5.63. The zero-order chi connectivity index (χ0) is 12.2. The number of hydrogen-bond donors (Lipinski definition) is 1.